The predicted molar refractivity (Wildman–Crippen MR) is 89.8 cm³/mol. The molecule has 1 aromatic heterocycles. The van der Waals surface area contributed by atoms with Gasteiger partial charge in [-0.1, -0.05) is 16.8 Å². The molecule has 6 heteroatoms. The highest BCUT2D eigenvalue weighted by atomic mass is 35.5. The van der Waals surface area contributed by atoms with Gasteiger partial charge in [0.05, 0.1) is 13.7 Å². The molecule has 0 saturated carbocycles. The molecule has 0 atom stereocenters. The number of rotatable bonds is 5. The van der Waals surface area contributed by atoms with Crippen LogP contribution in [0.4, 0.5) is 5.69 Å². The molecule has 0 amide bonds. The molecule has 2 aromatic carbocycles. The molecule has 0 spiro atoms. The Labute approximate surface area is 139 Å². The third-order valence-corrected chi connectivity index (χ3v) is 3.67. The molecular formula is C17H16ClN3O2. The van der Waals surface area contributed by atoms with E-state index in [0.717, 1.165) is 22.6 Å². The quantitative estimate of drug-likeness (QED) is 0.755. The van der Waals surface area contributed by atoms with Gasteiger partial charge in [0.2, 0.25) is 11.7 Å². The fourth-order valence-corrected chi connectivity index (χ4v) is 2.41. The maximum Gasteiger partial charge on any atom is 0.246 e. The van der Waals surface area contributed by atoms with E-state index < -0.39 is 0 Å². The fourth-order valence-electron chi connectivity index (χ4n) is 2.18. The smallest absolute Gasteiger partial charge is 0.246 e. The van der Waals surface area contributed by atoms with Crippen molar-refractivity contribution in [2.24, 2.45) is 0 Å². The maximum absolute atomic E-state index is 5.95. The number of nitrogens with zero attached hydrogens (tertiary/aromatic N) is 2. The first-order valence-corrected chi connectivity index (χ1v) is 7.50. The van der Waals surface area contributed by atoms with Crippen molar-refractivity contribution in [1.82, 2.24) is 10.1 Å². The first-order valence-electron chi connectivity index (χ1n) is 7.13. The Balaban J connectivity index is 1.69. The second kappa shape index (κ2) is 6.71. The number of methoxy groups -OCH3 is 1. The Morgan fingerprint density at radius 3 is 2.65 bits per heavy atom. The summed E-state index contributed by atoms with van der Waals surface area (Å²) in [5, 5.41) is 7.98. The second-order valence-corrected chi connectivity index (χ2v) is 5.49. The number of nitrogens with one attached hydrogen (secondary N) is 1. The number of anilines is 1. The summed E-state index contributed by atoms with van der Waals surface area (Å²) in [6.45, 7) is 2.44. The van der Waals surface area contributed by atoms with Crippen molar-refractivity contribution in [1.29, 1.82) is 0 Å². The van der Waals surface area contributed by atoms with E-state index in [-0.39, 0.29) is 0 Å². The standard InChI is InChI=1S/C17H16ClN3O2/c1-11-9-13(18)5-8-15(11)19-10-16-20-17(21-23-16)12-3-6-14(22-2)7-4-12/h3-9,19H,10H2,1-2H3. The van der Waals surface area contributed by atoms with Crippen molar-refractivity contribution in [3.8, 4) is 17.1 Å². The average Bonchev–Trinajstić information content (AvgIpc) is 3.03. The van der Waals surface area contributed by atoms with Crippen molar-refractivity contribution < 1.29 is 9.26 Å². The van der Waals surface area contributed by atoms with Crippen LogP contribution in [-0.2, 0) is 6.54 Å². The van der Waals surface area contributed by atoms with Gasteiger partial charge in [0, 0.05) is 16.3 Å². The first-order chi connectivity index (χ1) is 11.2. The zero-order chi connectivity index (χ0) is 16.2. The van der Waals surface area contributed by atoms with E-state index in [9.17, 15) is 0 Å². The minimum Gasteiger partial charge on any atom is -0.497 e. The van der Waals surface area contributed by atoms with Crippen LogP contribution in [0.5, 0.6) is 5.75 Å². The lowest BCUT2D eigenvalue weighted by atomic mass is 10.2. The average molecular weight is 330 g/mol. The number of benzene rings is 2. The summed E-state index contributed by atoms with van der Waals surface area (Å²) >= 11 is 5.95. The summed E-state index contributed by atoms with van der Waals surface area (Å²) in [7, 11) is 1.63. The van der Waals surface area contributed by atoms with Gasteiger partial charge in [-0.05, 0) is 55.0 Å². The van der Waals surface area contributed by atoms with Crippen LogP contribution in [0, 0.1) is 6.92 Å². The van der Waals surface area contributed by atoms with Crippen LogP contribution in [0.2, 0.25) is 5.02 Å². The number of hydrogen-bond acceptors (Lipinski definition) is 5. The first kappa shape index (κ1) is 15.4. The van der Waals surface area contributed by atoms with Crippen LogP contribution < -0.4 is 10.1 Å². The summed E-state index contributed by atoms with van der Waals surface area (Å²) < 4.78 is 10.4. The van der Waals surface area contributed by atoms with Gasteiger partial charge in [-0.3, -0.25) is 0 Å². The molecule has 0 radical (unpaired) electrons. The monoisotopic (exact) mass is 329 g/mol. The lowest BCUT2D eigenvalue weighted by Gasteiger charge is -2.07. The molecule has 0 fully saturated rings. The Morgan fingerprint density at radius 2 is 1.96 bits per heavy atom. The second-order valence-electron chi connectivity index (χ2n) is 5.05. The van der Waals surface area contributed by atoms with Crippen molar-refractivity contribution in [3.63, 3.8) is 0 Å². The van der Waals surface area contributed by atoms with Crippen LogP contribution in [0.1, 0.15) is 11.5 Å². The summed E-state index contributed by atoms with van der Waals surface area (Å²) in [5.74, 6) is 1.86. The van der Waals surface area contributed by atoms with Gasteiger partial charge in [0.1, 0.15) is 5.75 Å². The minimum absolute atomic E-state index is 0.450. The van der Waals surface area contributed by atoms with Gasteiger partial charge < -0.3 is 14.6 Å². The minimum atomic E-state index is 0.450. The Bertz CT molecular complexity index is 800. The van der Waals surface area contributed by atoms with E-state index in [0.29, 0.717) is 23.3 Å². The Hall–Kier alpha value is -2.53. The number of aryl methyl sites for hydroxylation is 1. The number of ether oxygens (including phenoxy) is 1. The molecule has 23 heavy (non-hydrogen) atoms. The molecule has 0 aliphatic heterocycles. The Morgan fingerprint density at radius 1 is 1.17 bits per heavy atom. The normalized spacial score (nSPS) is 10.6. The van der Waals surface area contributed by atoms with Crippen LogP contribution in [-0.4, -0.2) is 17.3 Å². The van der Waals surface area contributed by atoms with Crippen LogP contribution >= 0.6 is 11.6 Å². The molecule has 0 saturated heterocycles. The molecule has 1 N–H and O–H groups in total. The lowest BCUT2D eigenvalue weighted by molar-refractivity contribution is 0.384. The molecular weight excluding hydrogens is 314 g/mol. The molecule has 0 aliphatic rings. The summed E-state index contributed by atoms with van der Waals surface area (Å²) in [6, 6.07) is 13.2. The third-order valence-electron chi connectivity index (χ3n) is 3.43. The summed E-state index contributed by atoms with van der Waals surface area (Å²) in [4.78, 5) is 4.39. The highest BCUT2D eigenvalue weighted by molar-refractivity contribution is 6.30. The highest BCUT2D eigenvalue weighted by Gasteiger charge is 2.09. The summed E-state index contributed by atoms with van der Waals surface area (Å²) in [5.41, 5.74) is 2.93. The van der Waals surface area contributed by atoms with Crippen LogP contribution in [0.15, 0.2) is 47.0 Å². The van der Waals surface area contributed by atoms with Crippen molar-refractivity contribution in [3.05, 3.63) is 58.9 Å². The fraction of sp³-hybridized carbons (Fsp3) is 0.176. The van der Waals surface area contributed by atoms with E-state index in [1.165, 1.54) is 0 Å². The molecule has 3 aromatic rings. The topological polar surface area (TPSA) is 60.2 Å². The molecule has 0 unspecified atom stereocenters. The number of hydrogen-bond donors (Lipinski definition) is 1. The van der Waals surface area contributed by atoms with E-state index in [2.05, 4.69) is 15.5 Å². The van der Waals surface area contributed by atoms with E-state index in [1.807, 2.05) is 49.4 Å². The predicted octanol–water partition coefficient (Wildman–Crippen LogP) is 4.32. The van der Waals surface area contributed by atoms with E-state index in [1.54, 1.807) is 7.11 Å². The zero-order valence-corrected chi connectivity index (χ0v) is 13.6. The van der Waals surface area contributed by atoms with Gasteiger partial charge in [-0.25, -0.2) is 0 Å². The van der Waals surface area contributed by atoms with Gasteiger partial charge in [0.25, 0.3) is 0 Å². The third kappa shape index (κ3) is 3.63. The van der Waals surface area contributed by atoms with Gasteiger partial charge in [-0.15, -0.1) is 0 Å². The Kier molecular flexibility index (Phi) is 4.48. The number of halogens is 1. The molecule has 5 nitrogen and oxygen atoms in total. The van der Waals surface area contributed by atoms with E-state index in [4.69, 9.17) is 20.9 Å². The van der Waals surface area contributed by atoms with Crippen molar-refractivity contribution in [2.75, 3.05) is 12.4 Å². The maximum atomic E-state index is 5.95. The SMILES string of the molecule is COc1ccc(-c2noc(CNc3ccc(Cl)cc3C)n2)cc1. The lowest BCUT2D eigenvalue weighted by Crippen LogP contribution is -2.01. The molecule has 118 valence electrons. The summed E-state index contributed by atoms with van der Waals surface area (Å²) in [6.07, 6.45) is 0. The van der Waals surface area contributed by atoms with Gasteiger partial charge in [-0.2, -0.15) is 4.98 Å². The highest BCUT2D eigenvalue weighted by Crippen LogP contribution is 2.22. The van der Waals surface area contributed by atoms with Gasteiger partial charge >= 0.3 is 0 Å². The van der Waals surface area contributed by atoms with Crippen LogP contribution in [0.3, 0.4) is 0 Å². The van der Waals surface area contributed by atoms with Crippen molar-refractivity contribution in [2.45, 2.75) is 13.5 Å². The van der Waals surface area contributed by atoms with E-state index >= 15 is 0 Å². The zero-order valence-electron chi connectivity index (χ0n) is 12.8. The molecule has 1 heterocycles. The van der Waals surface area contributed by atoms with Crippen molar-refractivity contribution >= 4 is 17.3 Å². The molecule has 0 bridgehead atoms. The largest absolute Gasteiger partial charge is 0.497 e. The van der Waals surface area contributed by atoms with Crippen LogP contribution in [0.25, 0.3) is 11.4 Å². The number of aromatic nitrogens is 2. The molecule has 0 aliphatic carbocycles. The van der Waals surface area contributed by atoms with Gasteiger partial charge in [0.15, 0.2) is 0 Å². The molecule has 3 rings (SSSR count).